The molecule has 0 bridgehead atoms. The number of rotatable bonds is 6. The second-order valence-corrected chi connectivity index (χ2v) is 4.94. The molecule has 3 nitrogen and oxygen atoms in total. The van der Waals surface area contributed by atoms with Crippen LogP contribution in [-0.2, 0) is 13.0 Å². The molecule has 3 N–H and O–H groups in total. The number of hydrogen-bond donors (Lipinski definition) is 2. The van der Waals surface area contributed by atoms with Crippen molar-refractivity contribution >= 4 is 12.4 Å². The smallest absolute Gasteiger partial charge is 0.123 e. The summed E-state index contributed by atoms with van der Waals surface area (Å²) in [5.74, 6) is 0.916. The van der Waals surface area contributed by atoms with Crippen molar-refractivity contribution in [1.29, 1.82) is 0 Å². The first-order valence-corrected chi connectivity index (χ1v) is 6.93. The molecule has 0 radical (unpaired) electrons. The topological polar surface area (TPSA) is 55.5 Å². The third kappa shape index (κ3) is 5.29. The Balaban J connectivity index is 0.00000220. The number of ether oxygens (including phenoxy) is 1. The minimum Gasteiger partial charge on any atom is -0.508 e. The van der Waals surface area contributed by atoms with Crippen LogP contribution in [0.1, 0.15) is 24.5 Å². The summed E-state index contributed by atoms with van der Waals surface area (Å²) in [4.78, 5) is 0. The van der Waals surface area contributed by atoms with E-state index < -0.39 is 0 Å². The summed E-state index contributed by atoms with van der Waals surface area (Å²) in [6.45, 7) is 2.53. The molecule has 0 amide bonds. The van der Waals surface area contributed by atoms with Crippen LogP contribution in [0.3, 0.4) is 0 Å². The molecule has 0 spiro atoms. The van der Waals surface area contributed by atoms with Crippen LogP contribution in [0.2, 0.25) is 0 Å². The lowest BCUT2D eigenvalue weighted by atomic mass is 10.0. The lowest BCUT2D eigenvalue weighted by molar-refractivity contribution is 0.304. The number of halogens is 1. The van der Waals surface area contributed by atoms with Crippen LogP contribution in [0.4, 0.5) is 0 Å². The maximum atomic E-state index is 10.00. The molecule has 0 heterocycles. The number of benzene rings is 2. The molecule has 21 heavy (non-hydrogen) atoms. The zero-order valence-electron chi connectivity index (χ0n) is 12.2. The van der Waals surface area contributed by atoms with Gasteiger partial charge in [0.1, 0.15) is 18.1 Å². The van der Waals surface area contributed by atoms with E-state index in [1.807, 2.05) is 49.4 Å². The van der Waals surface area contributed by atoms with Crippen molar-refractivity contribution in [3.8, 4) is 11.5 Å². The molecular formula is C17H22ClNO2. The van der Waals surface area contributed by atoms with Crippen LogP contribution in [-0.4, -0.2) is 11.1 Å². The molecule has 2 rings (SSSR count). The van der Waals surface area contributed by atoms with Gasteiger partial charge in [-0.15, -0.1) is 12.4 Å². The zero-order chi connectivity index (χ0) is 14.4. The van der Waals surface area contributed by atoms with Gasteiger partial charge in [-0.05, 0) is 30.0 Å². The molecule has 0 aromatic heterocycles. The average molecular weight is 308 g/mol. The van der Waals surface area contributed by atoms with Crippen LogP contribution < -0.4 is 10.5 Å². The van der Waals surface area contributed by atoms with E-state index in [0.717, 1.165) is 17.5 Å². The van der Waals surface area contributed by atoms with Crippen molar-refractivity contribution in [2.24, 2.45) is 5.73 Å². The van der Waals surface area contributed by atoms with Gasteiger partial charge in [-0.1, -0.05) is 43.3 Å². The lowest BCUT2D eigenvalue weighted by Gasteiger charge is -2.12. The lowest BCUT2D eigenvalue weighted by Crippen LogP contribution is -2.21. The van der Waals surface area contributed by atoms with E-state index in [1.165, 1.54) is 0 Å². The van der Waals surface area contributed by atoms with E-state index in [-0.39, 0.29) is 24.2 Å². The highest BCUT2D eigenvalue weighted by Gasteiger charge is 2.07. The molecule has 1 atom stereocenters. The summed E-state index contributed by atoms with van der Waals surface area (Å²) < 4.78 is 5.67. The maximum Gasteiger partial charge on any atom is 0.123 e. The van der Waals surface area contributed by atoms with Gasteiger partial charge in [-0.3, -0.25) is 0 Å². The van der Waals surface area contributed by atoms with Crippen LogP contribution in [0, 0.1) is 0 Å². The van der Waals surface area contributed by atoms with E-state index >= 15 is 0 Å². The fraction of sp³-hybridized carbons (Fsp3) is 0.294. The first-order chi connectivity index (χ1) is 9.69. The molecule has 4 heteroatoms. The second kappa shape index (κ2) is 8.55. The molecule has 0 aliphatic rings. The fourth-order valence-corrected chi connectivity index (χ4v) is 1.97. The van der Waals surface area contributed by atoms with E-state index in [2.05, 4.69) is 0 Å². The van der Waals surface area contributed by atoms with E-state index in [0.29, 0.717) is 18.8 Å². The van der Waals surface area contributed by atoms with Gasteiger partial charge in [0.25, 0.3) is 0 Å². The minimum absolute atomic E-state index is 0. The summed E-state index contributed by atoms with van der Waals surface area (Å²) in [5.41, 5.74) is 7.87. The number of nitrogens with two attached hydrogens (primary N) is 1. The molecule has 114 valence electrons. The molecule has 0 saturated heterocycles. The average Bonchev–Trinajstić information content (AvgIpc) is 2.48. The molecule has 0 aliphatic heterocycles. The molecule has 2 aromatic rings. The van der Waals surface area contributed by atoms with Gasteiger partial charge >= 0.3 is 0 Å². The quantitative estimate of drug-likeness (QED) is 0.856. The van der Waals surface area contributed by atoms with Gasteiger partial charge in [-0.2, -0.15) is 0 Å². The molecular weight excluding hydrogens is 286 g/mol. The Morgan fingerprint density at radius 2 is 1.86 bits per heavy atom. The van der Waals surface area contributed by atoms with Crippen LogP contribution in [0.25, 0.3) is 0 Å². The van der Waals surface area contributed by atoms with Crippen molar-refractivity contribution in [1.82, 2.24) is 0 Å². The number of aromatic hydroxyl groups is 1. The predicted molar refractivity (Wildman–Crippen MR) is 88.1 cm³/mol. The van der Waals surface area contributed by atoms with Gasteiger partial charge in [0.05, 0.1) is 0 Å². The normalized spacial score (nSPS) is 11.5. The third-order valence-electron chi connectivity index (χ3n) is 3.31. The van der Waals surface area contributed by atoms with Gasteiger partial charge < -0.3 is 15.6 Å². The highest BCUT2D eigenvalue weighted by Crippen LogP contribution is 2.25. The standard InChI is InChI=1S/C17H21NO2.ClH/c1-2-15(18)10-14-8-9-16(11-17(14)19)20-12-13-6-4-3-5-7-13;/h3-9,11,15,19H,2,10,12,18H2,1H3;1H. The number of hydrogen-bond acceptors (Lipinski definition) is 3. The Hall–Kier alpha value is -1.71. The first kappa shape index (κ1) is 17.3. The van der Waals surface area contributed by atoms with Crippen LogP contribution in [0.15, 0.2) is 48.5 Å². The Labute approximate surface area is 132 Å². The van der Waals surface area contributed by atoms with Gasteiger partial charge in [-0.25, -0.2) is 0 Å². The third-order valence-corrected chi connectivity index (χ3v) is 3.31. The Kier molecular flexibility index (Phi) is 7.06. The Bertz CT molecular complexity index is 546. The summed E-state index contributed by atoms with van der Waals surface area (Å²) in [5, 5.41) is 10.00. The van der Waals surface area contributed by atoms with Crippen molar-refractivity contribution in [3.05, 3.63) is 59.7 Å². The Morgan fingerprint density at radius 1 is 1.14 bits per heavy atom. The highest BCUT2D eigenvalue weighted by molar-refractivity contribution is 5.85. The monoisotopic (exact) mass is 307 g/mol. The molecule has 0 aliphatic carbocycles. The van der Waals surface area contributed by atoms with E-state index in [9.17, 15) is 5.11 Å². The van der Waals surface area contributed by atoms with Gasteiger partial charge in [0, 0.05) is 12.1 Å². The predicted octanol–water partition coefficient (Wildman–Crippen LogP) is 3.67. The van der Waals surface area contributed by atoms with Crippen molar-refractivity contribution in [2.75, 3.05) is 0 Å². The summed E-state index contributed by atoms with van der Waals surface area (Å²) >= 11 is 0. The van der Waals surface area contributed by atoms with E-state index in [4.69, 9.17) is 10.5 Å². The van der Waals surface area contributed by atoms with Crippen LogP contribution >= 0.6 is 12.4 Å². The summed E-state index contributed by atoms with van der Waals surface area (Å²) in [7, 11) is 0. The Morgan fingerprint density at radius 3 is 2.48 bits per heavy atom. The summed E-state index contributed by atoms with van der Waals surface area (Å²) in [6, 6.07) is 15.4. The summed E-state index contributed by atoms with van der Waals surface area (Å²) in [6.07, 6.45) is 1.58. The van der Waals surface area contributed by atoms with Crippen LogP contribution in [0.5, 0.6) is 11.5 Å². The minimum atomic E-state index is 0. The maximum absolute atomic E-state index is 10.00. The zero-order valence-corrected chi connectivity index (χ0v) is 13.0. The molecule has 0 fully saturated rings. The SMILES string of the molecule is CCC(N)Cc1ccc(OCc2ccccc2)cc1O.Cl. The molecule has 2 aromatic carbocycles. The molecule has 0 saturated carbocycles. The highest BCUT2D eigenvalue weighted by atomic mass is 35.5. The van der Waals surface area contributed by atoms with Crippen molar-refractivity contribution in [3.63, 3.8) is 0 Å². The number of phenols is 1. The van der Waals surface area contributed by atoms with Crippen molar-refractivity contribution < 1.29 is 9.84 Å². The first-order valence-electron chi connectivity index (χ1n) is 6.93. The fourth-order valence-electron chi connectivity index (χ4n) is 1.97. The van der Waals surface area contributed by atoms with Gasteiger partial charge in [0.15, 0.2) is 0 Å². The molecule has 1 unspecified atom stereocenters. The number of phenolic OH excluding ortho intramolecular Hbond substituents is 1. The second-order valence-electron chi connectivity index (χ2n) is 4.94. The van der Waals surface area contributed by atoms with Crippen molar-refractivity contribution in [2.45, 2.75) is 32.4 Å². The van der Waals surface area contributed by atoms with E-state index in [1.54, 1.807) is 6.07 Å². The largest absolute Gasteiger partial charge is 0.508 e. The van der Waals surface area contributed by atoms with Gasteiger partial charge in [0.2, 0.25) is 0 Å².